The number of hydrogen-bond donors (Lipinski definition) is 2. The van der Waals surface area contributed by atoms with Gasteiger partial charge in [-0.15, -0.1) is 0 Å². The first-order valence-corrected chi connectivity index (χ1v) is 4.93. The predicted octanol–water partition coefficient (Wildman–Crippen LogP) is 2.23. The van der Waals surface area contributed by atoms with E-state index >= 15 is 0 Å². The molecule has 0 aromatic carbocycles. The molecule has 0 atom stereocenters. The summed E-state index contributed by atoms with van der Waals surface area (Å²) in [6, 6.07) is 3.56. The lowest BCUT2D eigenvalue weighted by atomic mass is 10.1. The summed E-state index contributed by atoms with van der Waals surface area (Å²) in [6.45, 7) is 4.00. The Morgan fingerprint density at radius 1 is 1.50 bits per heavy atom. The molecule has 0 saturated heterocycles. The number of carboxylic acids is 1. The minimum Gasteiger partial charge on any atom is -0.475 e. The van der Waals surface area contributed by atoms with Crippen molar-refractivity contribution in [1.82, 2.24) is 4.98 Å². The first-order chi connectivity index (χ1) is 7.50. The Kier molecular flexibility index (Phi) is 2.30. The molecule has 0 unspecified atom stereocenters. The molecule has 2 heterocycles. The monoisotopic (exact) mass is 220 g/mol. The second-order valence-electron chi connectivity index (χ2n) is 3.89. The van der Waals surface area contributed by atoms with E-state index in [4.69, 9.17) is 15.3 Å². The smallest absolute Gasteiger partial charge is 0.374 e. The molecule has 0 aliphatic carbocycles. The van der Waals surface area contributed by atoms with Crippen LogP contribution in [-0.4, -0.2) is 16.1 Å². The summed E-state index contributed by atoms with van der Waals surface area (Å²) >= 11 is 0. The molecule has 84 valence electrons. The zero-order valence-corrected chi connectivity index (χ0v) is 9.02. The van der Waals surface area contributed by atoms with E-state index in [1.165, 1.54) is 0 Å². The molecule has 5 heteroatoms. The Labute approximate surface area is 91.9 Å². The number of nitrogens with two attached hydrogens (primary N) is 1. The number of hydrogen-bond acceptors (Lipinski definition) is 4. The molecule has 0 aliphatic heterocycles. The van der Waals surface area contributed by atoms with E-state index in [0.717, 1.165) is 5.69 Å². The molecule has 3 N–H and O–H groups in total. The number of aromatic nitrogens is 1. The molecule has 0 radical (unpaired) electrons. The molecule has 0 amide bonds. The number of anilines is 1. The third-order valence-electron chi connectivity index (χ3n) is 2.40. The van der Waals surface area contributed by atoms with Crippen LogP contribution in [0.1, 0.15) is 36.0 Å². The number of carboxylic acid groups (broad SMARTS) is 1. The van der Waals surface area contributed by atoms with Crippen LogP contribution in [0.3, 0.4) is 0 Å². The summed E-state index contributed by atoms with van der Waals surface area (Å²) in [5.74, 6) is -1.17. The van der Waals surface area contributed by atoms with Gasteiger partial charge in [-0.1, -0.05) is 13.8 Å². The van der Waals surface area contributed by atoms with Crippen molar-refractivity contribution in [3.8, 4) is 0 Å². The van der Waals surface area contributed by atoms with E-state index in [2.05, 4.69) is 4.98 Å². The van der Waals surface area contributed by atoms with Gasteiger partial charge in [-0.3, -0.25) is 0 Å². The fourth-order valence-electron chi connectivity index (χ4n) is 1.49. The number of pyridine rings is 1. The van der Waals surface area contributed by atoms with E-state index in [9.17, 15) is 4.79 Å². The first kappa shape index (κ1) is 10.5. The Hall–Kier alpha value is -2.04. The number of furan rings is 1. The summed E-state index contributed by atoms with van der Waals surface area (Å²) in [7, 11) is 0. The lowest BCUT2D eigenvalue weighted by Crippen LogP contribution is -1.98. The quantitative estimate of drug-likeness (QED) is 0.809. The van der Waals surface area contributed by atoms with E-state index < -0.39 is 5.97 Å². The highest BCUT2D eigenvalue weighted by Crippen LogP contribution is 2.28. The van der Waals surface area contributed by atoms with Crippen molar-refractivity contribution in [2.24, 2.45) is 0 Å². The first-order valence-electron chi connectivity index (χ1n) is 4.93. The number of carbonyl (C=O) groups is 1. The van der Waals surface area contributed by atoms with Gasteiger partial charge < -0.3 is 15.3 Å². The zero-order valence-electron chi connectivity index (χ0n) is 9.02. The molecule has 0 spiro atoms. The fraction of sp³-hybridized carbons (Fsp3) is 0.273. The Morgan fingerprint density at radius 2 is 2.19 bits per heavy atom. The van der Waals surface area contributed by atoms with Crippen molar-refractivity contribution in [2.45, 2.75) is 19.8 Å². The van der Waals surface area contributed by atoms with Gasteiger partial charge in [-0.2, -0.15) is 0 Å². The van der Waals surface area contributed by atoms with Crippen molar-refractivity contribution < 1.29 is 14.3 Å². The summed E-state index contributed by atoms with van der Waals surface area (Å²) < 4.78 is 5.12. The molecule has 2 aromatic rings. The lowest BCUT2D eigenvalue weighted by Gasteiger charge is -2.02. The number of nitrogens with zero attached hydrogens (tertiary/aromatic N) is 1. The maximum atomic E-state index is 10.8. The number of rotatable bonds is 2. The largest absolute Gasteiger partial charge is 0.475 e. The van der Waals surface area contributed by atoms with Crippen LogP contribution in [0.15, 0.2) is 16.5 Å². The lowest BCUT2D eigenvalue weighted by molar-refractivity contribution is 0.0666. The average molecular weight is 220 g/mol. The van der Waals surface area contributed by atoms with Crippen LogP contribution in [0.2, 0.25) is 0 Å². The standard InChI is InChI=1S/C11H12N2O3/c1-5(2)7-4-3-6-8(12)9(11(14)15)16-10(6)13-7/h3-5H,12H2,1-2H3,(H,14,15). The van der Waals surface area contributed by atoms with Gasteiger partial charge >= 0.3 is 5.97 Å². The van der Waals surface area contributed by atoms with Gasteiger partial charge in [0.05, 0.1) is 11.1 Å². The molecule has 0 bridgehead atoms. The molecule has 5 nitrogen and oxygen atoms in total. The Morgan fingerprint density at radius 3 is 2.75 bits per heavy atom. The van der Waals surface area contributed by atoms with Crippen LogP contribution in [-0.2, 0) is 0 Å². The van der Waals surface area contributed by atoms with E-state index in [1.54, 1.807) is 6.07 Å². The predicted molar refractivity (Wildman–Crippen MR) is 59.5 cm³/mol. The van der Waals surface area contributed by atoms with Crippen molar-refractivity contribution in [3.63, 3.8) is 0 Å². The molecule has 0 fully saturated rings. The van der Waals surface area contributed by atoms with Crippen LogP contribution in [0.5, 0.6) is 0 Å². The highest BCUT2D eigenvalue weighted by atomic mass is 16.4. The molecular formula is C11H12N2O3. The Bertz CT molecular complexity index is 558. The summed E-state index contributed by atoms with van der Waals surface area (Å²) in [5, 5.41) is 9.39. The number of fused-ring (bicyclic) bond motifs is 1. The van der Waals surface area contributed by atoms with E-state index in [-0.39, 0.29) is 23.1 Å². The minimum absolute atomic E-state index is 0.130. The molecule has 16 heavy (non-hydrogen) atoms. The zero-order chi connectivity index (χ0) is 11.9. The van der Waals surface area contributed by atoms with Crippen LogP contribution in [0.25, 0.3) is 11.1 Å². The number of aromatic carboxylic acids is 1. The summed E-state index contributed by atoms with van der Waals surface area (Å²) in [4.78, 5) is 15.0. The van der Waals surface area contributed by atoms with Gasteiger partial charge in [0.25, 0.3) is 0 Å². The van der Waals surface area contributed by atoms with Crippen LogP contribution in [0.4, 0.5) is 5.69 Å². The topological polar surface area (TPSA) is 89.4 Å². The molecule has 0 aliphatic rings. The average Bonchev–Trinajstić information content (AvgIpc) is 2.55. The van der Waals surface area contributed by atoms with Gasteiger partial charge in [0.1, 0.15) is 0 Å². The second kappa shape index (κ2) is 3.52. The van der Waals surface area contributed by atoms with Crippen LogP contribution in [0, 0.1) is 0 Å². The number of nitrogen functional groups attached to an aromatic ring is 1. The molecule has 0 saturated carbocycles. The van der Waals surface area contributed by atoms with E-state index in [0.29, 0.717) is 5.39 Å². The third kappa shape index (κ3) is 1.50. The maximum Gasteiger partial charge on any atom is 0.374 e. The van der Waals surface area contributed by atoms with Crippen molar-refractivity contribution in [3.05, 3.63) is 23.6 Å². The van der Waals surface area contributed by atoms with Crippen molar-refractivity contribution in [1.29, 1.82) is 0 Å². The fourth-order valence-corrected chi connectivity index (χ4v) is 1.49. The van der Waals surface area contributed by atoms with Gasteiger partial charge in [0.2, 0.25) is 11.5 Å². The van der Waals surface area contributed by atoms with Gasteiger partial charge in [-0.05, 0) is 18.1 Å². The van der Waals surface area contributed by atoms with Crippen LogP contribution < -0.4 is 5.73 Å². The second-order valence-corrected chi connectivity index (χ2v) is 3.89. The molecule has 2 rings (SSSR count). The molecular weight excluding hydrogens is 208 g/mol. The minimum atomic E-state index is -1.18. The van der Waals surface area contributed by atoms with Crippen molar-refractivity contribution in [2.75, 3.05) is 5.73 Å². The van der Waals surface area contributed by atoms with Crippen molar-refractivity contribution >= 4 is 22.8 Å². The highest BCUT2D eigenvalue weighted by molar-refractivity contribution is 6.01. The van der Waals surface area contributed by atoms with Crippen LogP contribution >= 0.6 is 0 Å². The maximum absolute atomic E-state index is 10.8. The van der Waals surface area contributed by atoms with Gasteiger partial charge in [0, 0.05) is 5.69 Å². The molecule has 2 aromatic heterocycles. The Balaban J connectivity index is 2.67. The van der Waals surface area contributed by atoms with Gasteiger partial charge in [-0.25, -0.2) is 9.78 Å². The SMILES string of the molecule is CC(C)c1ccc2c(N)c(C(=O)O)oc2n1. The normalized spacial score (nSPS) is 11.2. The summed E-state index contributed by atoms with van der Waals surface area (Å²) in [6.07, 6.45) is 0. The highest BCUT2D eigenvalue weighted by Gasteiger charge is 2.18. The third-order valence-corrected chi connectivity index (χ3v) is 2.40. The van der Waals surface area contributed by atoms with E-state index in [1.807, 2.05) is 19.9 Å². The summed E-state index contributed by atoms with van der Waals surface area (Å²) in [5.41, 5.74) is 6.91. The van der Waals surface area contributed by atoms with Gasteiger partial charge in [0.15, 0.2) is 0 Å².